The third-order valence-corrected chi connectivity index (χ3v) is 7.05. The van der Waals surface area contributed by atoms with Crippen molar-refractivity contribution < 1.29 is 31.9 Å². The highest BCUT2D eigenvalue weighted by molar-refractivity contribution is 7.89. The van der Waals surface area contributed by atoms with Crippen LogP contribution in [-0.2, 0) is 30.9 Å². The molecule has 1 atom stereocenters. The molecule has 33 heavy (non-hydrogen) atoms. The summed E-state index contributed by atoms with van der Waals surface area (Å²) in [5.74, 6) is -1.87. The molecule has 1 aliphatic heterocycles. The van der Waals surface area contributed by atoms with E-state index in [9.17, 15) is 22.4 Å². The van der Waals surface area contributed by atoms with Crippen molar-refractivity contribution in [2.24, 2.45) is 0 Å². The second-order valence-corrected chi connectivity index (χ2v) is 9.30. The molecule has 178 valence electrons. The lowest BCUT2D eigenvalue weighted by molar-refractivity contribution is -0.140. The van der Waals surface area contributed by atoms with Crippen molar-refractivity contribution in [3.8, 4) is 5.75 Å². The highest BCUT2D eigenvalue weighted by Crippen LogP contribution is 2.26. The minimum Gasteiger partial charge on any atom is -0.496 e. The summed E-state index contributed by atoms with van der Waals surface area (Å²) in [6.45, 7) is 1.87. The van der Waals surface area contributed by atoms with Crippen LogP contribution in [0.15, 0.2) is 47.4 Å². The van der Waals surface area contributed by atoms with Gasteiger partial charge in [0.25, 0.3) is 0 Å². The maximum atomic E-state index is 13.7. The number of carbonyl (C=O) groups excluding carboxylic acids is 2. The average molecular weight is 480 g/mol. The second kappa shape index (κ2) is 10.7. The number of benzene rings is 2. The summed E-state index contributed by atoms with van der Waals surface area (Å²) >= 11 is 0. The molecule has 2 aromatic carbocycles. The van der Waals surface area contributed by atoms with Crippen LogP contribution in [0.25, 0.3) is 0 Å². The Labute approximate surface area is 191 Å². The van der Waals surface area contributed by atoms with Crippen molar-refractivity contribution in [3.63, 3.8) is 0 Å². The maximum absolute atomic E-state index is 13.7. The van der Waals surface area contributed by atoms with Gasteiger partial charge in [-0.05, 0) is 43.2 Å². The van der Waals surface area contributed by atoms with E-state index in [1.807, 2.05) is 0 Å². The van der Waals surface area contributed by atoms with Crippen LogP contribution in [-0.4, -0.2) is 57.6 Å². The van der Waals surface area contributed by atoms with E-state index in [2.05, 4.69) is 10.6 Å². The van der Waals surface area contributed by atoms with Crippen LogP contribution >= 0.6 is 0 Å². The molecule has 1 saturated heterocycles. The first-order valence-corrected chi connectivity index (χ1v) is 11.8. The lowest BCUT2D eigenvalue weighted by Crippen LogP contribution is -2.53. The van der Waals surface area contributed by atoms with Gasteiger partial charge in [-0.1, -0.05) is 18.2 Å². The largest absolute Gasteiger partial charge is 0.496 e. The van der Waals surface area contributed by atoms with Gasteiger partial charge in [-0.3, -0.25) is 9.59 Å². The molecular weight excluding hydrogens is 453 g/mol. The number of methoxy groups -OCH3 is 1. The van der Waals surface area contributed by atoms with Crippen molar-refractivity contribution in [3.05, 3.63) is 59.4 Å². The molecule has 1 heterocycles. The normalized spacial score (nSPS) is 16.8. The van der Waals surface area contributed by atoms with Gasteiger partial charge < -0.3 is 20.1 Å². The van der Waals surface area contributed by atoms with E-state index < -0.39 is 33.9 Å². The number of aryl methyl sites for hydroxylation is 1. The zero-order valence-corrected chi connectivity index (χ0v) is 19.2. The second-order valence-electron chi connectivity index (χ2n) is 7.41. The van der Waals surface area contributed by atoms with Crippen LogP contribution < -0.4 is 15.4 Å². The van der Waals surface area contributed by atoms with Gasteiger partial charge in [0, 0.05) is 18.7 Å². The Morgan fingerprint density at radius 2 is 1.91 bits per heavy atom. The third-order valence-electron chi connectivity index (χ3n) is 5.17. The minimum atomic E-state index is -3.92. The summed E-state index contributed by atoms with van der Waals surface area (Å²) in [5, 5.41) is 4.73. The van der Waals surface area contributed by atoms with E-state index in [1.165, 1.54) is 37.4 Å². The molecule has 1 aliphatic rings. The van der Waals surface area contributed by atoms with Crippen molar-refractivity contribution in [1.82, 2.24) is 14.9 Å². The fourth-order valence-electron chi connectivity index (χ4n) is 3.41. The molecule has 0 saturated carbocycles. The summed E-state index contributed by atoms with van der Waals surface area (Å²) in [7, 11) is -2.42. The van der Waals surface area contributed by atoms with Crippen LogP contribution in [0.4, 0.5) is 4.39 Å². The molecule has 1 fully saturated rings. The van der Waals surface area contributed by atoms with E-state index in [0.717, 1.165) is 4.31 Å². The number of carbonyl (C=O) groups is 2. The summed E-state index contributed by atoms with van der Waals surface area (Å²) in [5.41, 5.74) is 0.897. The molecular formula is C22H26FN3O6S. The van der Waals surface area contributed by atoms with Gasteiger partial charge in [0.2, 0.25) is 10.0 Å². The highest BCUT2D eigenvalue weighted by atomic mass is 32.2. The Hall–Kier alpha value is -3.02. The smallest absolute Gasteiger partial charge is 0.309 e. The molecule has 3 rings (SSSR count). The number of rotatable bonds is 7. The number of halogens is 1. The van der Waals surface area contributed by atoms with Gasteiger partial charge in [0.05, 0.1) is 25.2 Å². The number of hydrogen-bond acceptors (Lipinski definition) is 6. The molecule has 0 unspecified atom stereocenters. The zero-order valence-electron chi connectivity index (χ0n) is 18.3. The molecule has 2 amide bonds. The molecule has 11 heteroatoms. The Morgan fingerprint density at radius 1 is 1.18 bits per heavy atom. The quantitative estimate of drug-likeness (QED) is 0.579. The highest BCUT2D eigenvalue weighted by Gasteiger charge is 2.35. The van der Waals surface area contributed by atoms with Crippen LogP contribution in [0, 0.1) is 12.7 Å². The maximum Gasteiger partial charge on any atom is 0.309 e. The van der Waals surface area contributed by atoms with E-state index in [4.69, 9.17) is 9.47 Å². The zero-order chi connectivity index (χ0) is 24.0. The molecule has 2 aromatic rings. The summed E-state index contributed by atoms with van der Waals surface area (Å²) < 4.78 is 52.0. The Morgan fingerprint density at radius 3 is 2.61 bits per heavy atom. The van der Waals surface area contributed by atoms with E-state index in [1.54, 1.807) is 19.1 Å². The molecule has 0 aromatic heterocycles. The first kappa shape index (κ1) is 24.6. The van der Waals surface area contributed by atoms with Gasteiger partial charge >= 0.3 is 11.8 Å². The number of hydrogen-bond donors (Lipinski definition) is 2. The first-order chi connectivity index (χ1) is 15.7. The number of amides is 2. The van der Waals surface area contributed by atoms with Crippen LogP contribution in [0.3, 0.4) is 0 Å². The lowest BCUT2D eigenvalue weighted by Gasteiger charge is -2.34. The van der Waals surface area contributed by atoms with Crippen LogP contribution in [0.2, 0.25) is 0 Å². The third kappa shape index (κ3) is 5.86. The van der Waals surface area contributed by atoms with Gasteiger partial charge in [-0.2, -0.15) is 4.31 Å². The van der Waals surface area contributed by atoms with Crippen LogP contribution in [0.1, 0.15) is 17.5 Å². The van der Waals surface area contributed by atoms with Gasteiger partial charge in [0.15, 0.2) is 0 Å². The number of nitrogens with one attached hydrogen (secondary N) is 2. The summed E-state index contributed by atoms with van der Waals surface area (Å²) in [6, 6.07) is 10.4. The number of ether oxygens (including phenoxy) is 2. The van der Waals surface area contributed by atoms with Crippen molar-refractivity contribution in [2.45, 2.75) is 31.0 Å². The minimum absolute atomic E-state index is 0.0743. The molecule has 0 aliphatic carbocycles. The fourth-order valence-corrected chi connectivity index (χ4v) is 5.06. The number of sulfonamides is 1. The molecule has 0 spiro atoms. The monoisotopic (exact) mass is 479 g/mol. The predicted octanol–water partition coefficient (Wildman–Crippen LogP) is 1.31. The molecule has 9 nitrogen and oxygen atoms in total. The number of nitrogens with zero attached hydrogens (tertiary/aromatic N) is 1. The van der Waals surface area contributed by atoms with Crippen LogP contribution in [0.5, 0.6) is 5.75 Å². The van der Waals surface area contributed by atoms with Gasteiger partial charge in [0.1, 0.15) is 17.8 Å². The van der Waals surface area contributed by atoms with Crippen molar-refractivity contribution in [1.29, 1.82) is 0 Å². The van der Waals surface area contributed by atoms with Gasteiger partial charge in [-0.15, -0.1) is 0 Å². The summed E-state index contributed by atoms with van der Waals surface area (Å²) in [4.78, 5) is 24.3. The van der Waals surface area contributed by atoms with Gasteiger partial charge in [-0.25, -0.2) is 12.8 Å². The summed E-state index contributed by atoms with van der Waals surface area (Å²) in [6.07, 6.45) is -0.489. The molecule has 0 radical (unpaired) electrons. The Bertz CT molecular complexity index is 1120. The van der Waals surface area contributed by atoms with E-state index in [0.29, 0.717) is 24.3 Å². The Balaban J connectivity index is 1.63. The molecule has 0 bridgehead atoms. The average Bonchev–Trinajstić information content (AvgIpc) is 2.81. The topological polar surface area (TPSA) is 114 Å². The van der Waals surface area contributed by atoms with E-state index in [-0.39, 0.29) is 30.1 Å². The first-order valence-electron chi connectivity index (χ1n) is 10.3. The SMILES string of the molecule is COc1ccc(S(=O)(=O)N2CCCO[C@H]2CNC(=O)C(=O)NCc2ccccc2F)cc1C. The lowest BCUT2D eigenvalue weighted by atomic mass is 10.2. The van der Waals surface area contributed by atoms with Crippen molar-refractivity contribution >= 4 is 21.8 Å². The Kier molecular flexibility index (Phi) is 8.01. The fraction of sp³-hybridized carbons (Fsp3) is 0.364. The van der Waals surface area contributed by atoms with E-state index >= 15 is 0 Å². The van der Waals surface area contributed by atoms with Crippen molar-refractivity contribution in [2.75, 3.05) is 26.8 Å². The standard InChI is InChI=1S/C22H26FN3O6S/c1-15-12-17(8-9-19(15)31-2)33(29,30)26-10-5-11-32-20(26)14-25-22(28)21(27)24-13-16-6-3-4-7-18(16)23/h3-4,6-9,12,20H,5,10-11,13-14H2,1-2H3,(H,24,27)(H,25,28)/t20-/m0/s1. The predicted molar refractivity (Wildman–Crippen MR) is 117 cm³/mol. The molecule has 2 N–H and O–H groups in total.